The quantitative estimate of drug-likeness (QED) is 0.805. The Kier molecular flexibility index (Phi) is 5.81. The van der Waals surface area contributed by atoms with Crippen molar-refractivity contribution in [1.82, 2.24) is 4.39 Å². The molecule has 1 aromatic carbocycles. The first-order chi connectivity index (χ1) is 9.46. The van der Waals surface area contributed by atoms with Crippen molar-refractivity contribution >= 4 is 18.3 Å². The van der Waals surface area contributed by atoms with Crippen molar-refractivity contribution in [2.24, 2.45) is 0 Å². The molecule has 0 aliphatic heterocycles. The molecule has 1 N–H and O–H groups in total. The van der Waals surface area contributed by atoms with Gasteiger partial charge in [0.05, 0.1) is 5.25 Å². The number of benzene rings is 1. The zero-order valence-electron chi connectivity index (χ0n) is 14.1. The lowest BCUT2D eigenvalue weighted by molar-refractivity contribution is 0.570. The number of hydrogen-bond acceptors (Lipinski definition) is 2. The van der Waals surface area contributed by atoms with Crippen LogP contribution in [-0.4, -0.2) is 21.9 Å². The summed E-state index contributed by atoms with van der Waals surface area (Å²) in [6.45, 7) is 12.3. The van der Waals surface area contributed by atoms with Crippen molar-refractivity contribution in [3.63, 3.8) is 0 Å². The summed E-state index contributed by atoms with van der Waals surface area (Å²) in [5.41, 5.74) is 1.19. The highest BCUT2D eigenvalue weighted by atomic mass is 32.2. The van der Waals surface area contributed by atoms with Gasteiger partial charge in [0.2, 0.25) is 10.0 Å². The zero-order chi connectivity index (χ0) is 16.3. The fraction of sp³-hybridized carbons (Fsp3) is 0.625. The molecule has 1 unspecified atom stereocenters. The molecule has 0 fully saturated rings. The molecule has 0 aliphatic rings. The Balaban J connectivity index is 2.70. The van der Waals surface area contributed by atoms with Gasteiger partial charge >= 0.3 is 0 Å². The van der Waals surface area contributed by atoms with E-state index in [0.717, 1.165) is 6.42 Å². The third-order valence-electron chi connectivity index (χ3n) is 4.48. The van der Waals surface area contributed by atoms with E-state index in [2.05, 4.69) is 38.3 Å². The summed E-state index contributed by atoms with van der Waals surface area (Å²) in [5, 5.41) is -0.369. The summed E-state index contributed by atoms with van der Waals surface area (Å²) >= 11 is 0. The van der Waals surface area contributed by atoms with Gasteiger partial charge < -0.3 is 0 Å². The predicted molar refractivity (Wildman–Crippen MR) is 93.5 cm³/mol. The minimum absolute atomic E-state index is 0.000774. The molecule has 0 amide bonds. The molecule has 1 aromatic rings. The van der Waals surface area contributed by atoms with E-state index in [1.807, 2.05) is 30.3 Å². The lowest BCUT2D eigenvalue weighted by Crippen LogP contribution is -2.56. The Morgan fingerprint density at radius 1 is 1.14 bits per heavy atom. The van der Waals surface area contributed by atoms with E-state index in [-0.39, 0.29) is 10.3 Å². The van der Waals surface area contributed by atoms with Gasteiger partial charge in [-0.1, -0.05) is 64.2 Å². The summed E-state index contributed by atoms with van der Waals surface area (Å²) in [5.74, 6) is 0. The number of sulfonamides is 1. The second-order valence-electron chi connectivity index (χ2n) is 7.36. The van der Waals surface area contributed by atoms with E-state index >= 15 is 0 Å². The molecule has 0 bridgehead atoms. The Hall–Kier alpha value is -0.653. The maximum atomic E-state index is 12.5. The van der Waals surface area contributed by atoms with Gasteiger partial charge in [-0.25, -0.2) is 12.8 Å². The van der Waals surface area contributed by atoms with Gasteiger partial charge in [-0.15, -0.1) is 0 Å². The first kappa shape index (κ1) is 18.4. The van der Waals surface area contributed by atoms with E-state index < -0.39 is 18.3 Å². The molecule has 0 heterocycles. The van der Waals surface area contributed by atoms with Crippen molar-refractivity contribution in [1.29, 1.82) is 0 Å². The standard InChI is InChI=1S/C16H29NO2SSi/c1-14(12-13-15-10-8-7-9-11-15)20(18,19)17-21(5,6)16(2,3)4/h7-11,14,17H,12-13H2,1-6H3. The molecule has 0 radical (unpaired) electrons. The Labute approximate surface area is 131 Å². The van der Waals surface area contributed by atoms with Crippen LogP contribution in [0.15, 0.2) is 30.3 Å². The van der Waals surface area contributed by atoms with Crippen LogP contribution in [0.4, 0.5) is 0 Å². The fourth-order valence-electron chi connectivity index (χ4n) is 1.78. The molecule has 0 aliphatic carbocycles. The first-order valence-corrected chi connectivity index (χ1v) is 12.1. The van der Waals surface area contributed by atoms with Crippen LogP contribution >= 0.6 is 0 Å². The maximum absolute atomic E-state index is 12.5. The Bertz CT molecular complexity index is 547. The number of rotatable bonds is 6. The van der Waals surface area contributed by atoms with Crippen LogP contribution in [-0.2, 0) is 16.4 Å². The van der Waals surface area contributed by atoms with Crippen molar-refractivity contribution in [2.75, 3.05) is 0 Å². The van der Waals surface area contributed by atoms with Crippen molar-refractivity contribution in [2.45, 2.75) is 63.9 Å². The Morgan fingerprint density at radius 2 is 1.67 bits per heavy atom. The molecule has 21 heavy (non-hydrogen) atoms. The normalized spacial score (nSPS) is 15.0. The van der Waals surface area contributed by atoms with E-state index in [1.54, 1.807) is 6.92 Å². The summed E-state index contributed by atoms with van der Waals surface area (Å²) in [6.07, 6.45) is 1.44. The molecular formula is C16H29NO2SSi. The summed E-state index contributed by atoms with van der Waals surface area (Å²) < 4.78 is 28.1. The van der Waals surface area contributed by atoms with E-state index in [4.69, 9.17) is 0 Å². The number of aryl methyl sites for hydroxylation is 1. The molecule has 1 atom stereocenters. The SMILES string of the molecule is CC(CCc1ccccc1)S(=O)(=O)N[Si](C)(C)C(C)(C)C. The predicted octanol–water partition coefficient (Wildman–Crippen LogP) is 3.93. The Morgan fingerprint density at radius 3 is 2.14 bits per heavy atom. The van der Waals surface area contributed by atoms with Crippen LogP contribution in [0.5, 0.6) is 0 Å². The van der Waals surface area contributed by atoms with Gasteiger partial charge in [0.15, 0.2) is 0 Å². The lowest BCUT2D eigenvalue weighted by Gasteiger charge is -2.37. The highest BCUT2D eigenvalue weighted by Gasteiger charge is 2.40. The van der Waals surface area contributed by atoms with Gasteiger partial charge in [-0.3, -0.25) is 0 Å². The van der Waals surface area contributed by atoms with Crippen LogP contribution in [0, 0.1) is 0 Å². The molecule has 0 aromatic heterocycles. The van der Waals surface area contributed by atoms with Gasteiger partial charge in [-0.2, -0.15) is 0 Å². The summed E-state index contributed by atoms with van der Waals surface area (Å²) in [7, 11) is -5.31. The molecular weight excluding hydrogens is 298 g/mol. The van der Waals surface area contributed by atoms with Gasteiger partial charge in [-0.05, 0) is 30.4 Å². The van der Waals surface area contributed by atoms with Crippen LogP contribution in [0.1, 0.15) is 39.7 Å². The highest BCUT2D eigenvalue weighted by molar-refractivity contribution is 7.91. The third-order valence-corrected chi connectivity index (χ3v) is 12.7. The minimum atomic E-state index is -3.26. The minimum Gasteiger partial charge on any atom is -0.237 e. The van der Waals surface area contributed by atoms with Gasteiger partial charge in [0.1, 0.15) is 8.24 Å². The lowest BCUT2D eigenvalue weighted by atomic mass is 10.1. The van der Waals surface area contributed by atoms with Crippen LogP contribution in [0.2, 0.25) is 18.1 Å². The second-order valence-corrected chi connectivity index (χ2v) is 14.8. The van der Waals surface area contributed by atoms with Crippen LogP contribution < -0.4 is 4.39 Å². The van der Waals surface area contributed by atoms with Crippen LogP contribution in [0.25, 0.3) is 0 Å². The van der Waals surface area contributed by atoms with Crippen molar-refractivity contribution < 1.29 is 8.42 Å². The molecule has 0 spiro atoms. The van der Waals surface area contributed by atoms with E-state index in [0.29, 0.717) is 6.42 Å². The topological polar surface area (TPSA) is 46.2 Å². The van der Waals surface area contributed by atoms with Crippen LogP contribution in [0.3, 0.4) is 0 Å². The van der Waals surface area contributed by atoms with Crippen molar-refractivity contribution in [3.05, 3.63) is 35.9 Å². The second kappa shape index (κ2) is 6.63. The highest BCUT2D eigenvalue weighted by Crippen LogP contribution is 2.34. The maximum Gasteiger partial charge on any atom is 0.208 e. The van der Waals surface area contributed by atoms with Gasteiger partial charge in [0, 0.05) is 0 Å². The number of nitrogens with one attached hydrogen (secondary N) is 1. The molecule has 0 saturated heterocycles. The molecule has 5 heteroatoms. The van der Waals surface area contributed by atoms with Gasteiger partial charge in [0.25, 0.3) is 0 Å². The summed E-state index contributed by atoms with van der Waals surface area (Å²) in [6, 6.07) is 10.0. The molecule has 1 rings (SSSR count). The average molecular weight is 328 g/mol. The summed E-state index contributed by atoms with van der Waals surface area (Å²) in [4.78, 5) is 0. The first-order valence-electron chi connectivity index (χ1n) is 7.52. The largest absolute Gasteiger partial charge is 0.237 e. The van der Waals surface area contributed by atoms with E-state index in [1.165, 1.54) is 5.56 Å². The smallest absolute Gasteiger partial charge is 0.208 e. The van der Waals surface area contributed by atoms with Crippen molar-refractivity contribution in [3.8, 4) is 0 Å². The average Bonchev–Trinajstić information content (AvgIpc) is 2.34. The fourth-order valence-corrected chi connectivity index (χ4v) is 7.08. The zero-order valence-corrected chi connectivity index (χ0v) is 15.9. The monoisotopic (exact) mass is 327 g/mol. The number of hydrogen-bond donors (Lipinski definition) is 1. The third kappa shape index (κ3) is 5.24. The molecule has 3 nitrogen and oxygen atoms in total. The molecule has 0 saturated carbocycles. The molecule has 120 valence electrons. The van der Waals surface area contributed by atoms with E-state index in [9.17, 15) is 8.42 Å².